The maximum absolute atomic E-state index is 13.9. The highest BCUT2D eigenvalue weighted by Gasteiger charge is 2.22. The van der Waals surface area contributed by atoms with E-state index in [0.29, 0.717) is 34.6 Å². The molecule has 0 saturated carbocycles. The lowest BCUT2D eigenvalue weighted by atomic mass is 10.2. The number of hydrogen-bond acceptors (Lipinski definition) is 5. The third-order valence-corrected chi connectivity index (χ3v) is 6.14. The molecule has 0 N–H and O–H groups in total. The lowest BCUT2D eigenvalue weighted by molar-refractivity contribution is 0.182. The molecule has 0 amide bonds. The molecule has 0 saturated heterocycles. The number of aryl methyl sites for hydroxylation is 1. The molecule has 1 aliphatic rings. The smallest absolute Gasteiger partial charge is 0.268 e. The molecule has 1 aliphatic heterocycles. The zero-order valence-corrected chi connectivity index (χ0v) is 15.4. The number of hydrogen-bond donors (Lipinski definition) is 0. The van der Waals surface area contributed by atoms with E-state index in [4.69, 9.17) is 16.3 Å². The number of ether oxygens (including phenoxy) is 1. The summed E-state index contributed by atoms with van der Waals surface area (Å²) in [5, 5.41) is 0.961. The highest BCUT2D eigenvalue weighted by atomic mass is 35.5. The summed E-state index contributed by atoms with van der Waals surface area (Å²) in [7, 11) is 1.59. The normalized spacial score (nSPS) is 13.3. The molecule has 2 heterocycles. The summed E-state index contributed by atoms with van der Waals surface area (Å²) in [6.07, 6.45) is 0.786. The van der Waals surface area contributed by atoms with Gasteiger partial charge in [-0.1, -0.05) is 29.4 Å². The molecule has 0 atom stereocenters. The average Bonchev–Trinajstić information content (AvgIpc) is 3.02. The summed E-state index contributed by atoms with van der Waals surface area (Å²) >= 11 is 8.94. The van der Waals surface area contributed by atoms with E-state index >= 15 is 0 Å². The molecule has 24 heavy (non-hydrogen) atoms. The second-order valence-electron chi connectivity index (χ2n) is 5.21. The van der Waals surface area contributed by atoms with Gasteiger partial charge in [0, 0.05) is 35.6 Å². The van der Waals surface area contributed by atoms with Crippen LogP contribution < -0.4 is 5.56 Å². The number of rotatable bonds is 6. The maximum atomic E-state index is 13.9. The van der Waals surface area contributed by atoms with Crippen LogP contribution in [0.5, 0.6) is 0 Å². The van der Waals surface area contributed by atoms with Crippen molar-refractivity contribution in [2.24, 2.45) is 0 Å². The van der Waals surface area contributed by atoms with Crippen LogP contribution in [0.25, 0.3) is 0 Å². The van der Waals surface area contributed by atoms with Crippen LogP contribution in [0.3, 0.4) is 0 Å². The van der Waals surface area contributed by atoms with Crippen molar-refractivity contribution in [1.82, 2.24) is 9.55 Å². The summed E-state index contributed by atoms with van der Waals surface area (Å²) in [6, 6.07) is 4.61. The Kier molecular flexibility index (Phi) is 5.86. The molecule has 128 valence electrons. The minimum atomic E-state index is -0.350. The van der Waals surface area contributed by atoms with Gasteiger partial charge in [0.15, 0.2) is 5.16 Å². The fourth-order valence-corrected chi connectivity index (χ4v) is 4.85. The molecule has 8 heteroatoms. The van der Waals surface area contributed by atoms with Crippen molar-refractivity contribution in [2.45, 2.75) is 28.8 Å². The van der Waals surface area contributed by atoms with E-state index < -0.39 is 0 Å². The Morgan fingerprint density at radius 2 is 2.33 bits per heavy atom. The SMILES string of the molecule is COCCn1c(SCc2c(F)cccc2Cl)nc2c(c1=O)SCC2. The van der Waals surface area contributed by atoms with Crippen LogP contribution in [-0.4, -0.2) is 29.0 Å². The van der Waals surface area contributed by atoms with E-state index in [1.807, 2.05) is 0 Å². The van der Waals surface area contributed by atoms with E-state index in [1.54, 1.807) is 35.6 Å². The number of benzene rings is 1. The van der Waals surface area contributed by atoms with Crippen molar-refractivity contribution in [3.8, 4) is 0 Å². The van der Waals surface area contributed by atoms with Crippen molar-refractivity contribution in [3.05, 3.63) is 50.7 Å². The molecule has 1 aromatic heterocycles. The molecular weight excluding hydrogens is 371 g/mol. The molecule has 0 radical (unpaired) electrons. The maximum Gasteiger partial charge on any atom is 0.268 e. The third kappa shape index (κ3) is 3.64. The van der Waals surface area contributed by atoms with E-state index in [1.165, 1.54) is 17.8 Å². The Balaban J connectivity index is 1.92. The Labute approximate surface area is 152 Å². The van der Waals surface area contributed by atoms with Crippen molar-refractivity contribution in [2.75, 3.05) is 19.5 Å². The fourth-order valence-electron chi connectivity index (χ4n) is 2.42. The summed E-state index contributed by atoms with van der Waals surface area (Å²) in [6.45, 7) is 0.836. The van der Waals surface area contributed by atoms with Crippen molar-refractivity contribution in [3.63, 3.8) is 0 Å². The second kappa shape index (κ2) is 7.91. The van der Waals surface area contributed by atoms with Crippen LogP contribution >= 0.6 is 35.1 Å². The minimum absolute atomic E-state index is 0.0401. The molecule has 3 rings (SSSR count). The Morgan fingerprint density at radius 3 is 3.08 bits per heavy atom. The Morgan fingerprint density at radius 1 is 1.50 bits per heavy atom. The van der Waals surface area contributed by atoms with E-state index in [0.717, 1.165) is 22.8 Å². The number of fused-ring (bicyclic) bond motifs is 1. The fraction of sp³-hybridized carbons (Fsp3) is 0.375. The third-order valence-electron chi connectivity index (χ3n) is 3.67. The lowest BCUT2D eigenvalue weighted by Gasteiger charge is -2.13. The first-order chi connectivity index (χ1) is 11.6. The van der Waals surface area contributed by atoms with Crippen molar-refractivity contribution < 1.29 is 9.13 Å². The average molecular weight is 387 g/mol. The summed E-state index contributed by atoms with van der Waals surface area (Å²) < 4.78 is 20.6. The van der Waals surface area contributed by atoms with Crippen LogP contribution in [0.1, 0.15) is 11.3 Å². The van der Waals surface area contributed by atoms with Gasteiger partial charge in [0.05, 0.1) is 23.7 Å². The summed E-state index contributed by atoms with van der Waals surface area (Å²) in [5.74, 6) is 0.837. The number of aromatic nitrogens is 2. The van der Waals surface area contributed by atoms with Crippen LogP contribution in [0.15, 0.2) is 33.0 Å². The molecule has 0 fully saturated rings. The highest BCUT2D eigenvalue weighted by Crippen LogP contribution is 2.31. The van der Waals surface area contributed by atoms with Gasteiger partial charge in [-0.25, -0.2) is 9.37 Å². The van der Waals surface area contributed by atoms with Crippen molar-refractivity contribution >= 4 is 35.1 Å². The molecule has 2 aromatic rings. The van der Waals surface area contributed by atoms with Gasteiger partial charge >= 0.3 is 0 Å². The van der Waals surface area contributed by atoms with E-state index in [9.17, 15) is 9.18 Å². The monoisotopic (exact) mass is 386 g/mol. The number of halogens is 2. The second-order valence-corrected chi connectivity index (χ2v) is 7.66. The zero-order chi connectivity index (χ0) is 17.1. The standard InChI is InChI=1S/C16H16ClFN2O2S2/c1-22-7-6-20-15(21)14-13(5-8-23-14)19-16(20)24-9-10-11(17)3-2-4-12(10)18/h2-4H,5-9H2,1H3. The molecular formula is C16H16ClFN2O2S2. The zero-order valence-electron chi connectivity index (χ0n) is 13.1. The predicted octanol–water partition coefficient (Wildman–Crippen LogP) is 3.62. The number of methoxy groups -OCH3 is 1. The molecule has 0 aliphatic carbocycles. The van der Waals surface area contributed by atoms with Gasteiger partial charge in [-0.2, -0.15) is 0 Å². The topological polar surface area (TPSA) is 44.1 Å². The molecule has 0 unspecified atom stereocenters. The van der Waals surface area contributed by atoms with Crippen LogP contribution in [-0.2, 0) is 23.5 Å². The largest absolute Gasteiger partial charge is 0.383 e. The number of thioether (sulfide) groups is 2. The van der Waals surface area contributed by atoms with E-state index in [2.05, 4.69) is 4.98 Å². The summed E-state index contributed by atoms with van der Waals surface area (Å²) in [5.41, 5.74) is 1.22. The van der Waals surface area contributed by atoms with Crippen LogP contribution in [0.4, 0.5) is 4.39 Å². The first-order valence-electron chi connectivity index (χ1n) is 7.43. The molecule has 0 bridgehead atoms. The van der Waals surface area contributed by atoms with Crippen LogP contribution in [0.2, 0.25) is 5.02 Å². The molecule has 0 spiro atoms. The van der Waals surface area contributed by atoms with Gasteiger partial charge in [-0.15, -0.1) is 11.8 Å². The van der Waals surface area contributed by atoms with Gasteiger partial charge in [0.2, 0.25) is 0 Å². The van der Waals surface area contributed by atoms with Gasteiger partial charge in [-0.05, 0) is 12.1 Å². The first kappa shape index (κ1) is 17.8. The summed E-state index contributed by atoms with van der Waals surface area (Å²) in [4.78, 5) is 18.0. The molecule has 1 aromatic carbocycles. The highest BCUT2D eigenvalue weighted by molar-refractivity contribution is 7.99. The van der Waals surface area contributed by atoms with Gasteiger partial charge in [-0.3, -0.25) is 9.36 Å². The van der Waals surface area contributed by atoms with Gasteiger partial charge in [0.1, 0.15) is 5.82 Å². The van der Waals surface area contributed by atoms with Gasteiger partial charge in [0.25, 0.3) is 5.56 Å². The quantitative estimate of drug-likeness (QED) is 0.560. The Hall–Kier alpha value is -1.02. The van der Waals surface area contributed by atoms with Gasteiger partial charge < -0.3 is 4.74 Å². The predicted molar refractivity (Wildman–Crippen MR) is 95.8 cm³/mol. The van der Waals surface area contributed by atoms with E-state index in [-0.39, 0.29) is 11.4 Å². The lowest BCUT2D eigenvalue weighted by Crippen LogP contribution is -2.27. The van der Waals surface area contributed by atoms with Crippen molar-refractivity contribution in [1.29, 1.82) is 0 Å². The Bertz CT molecular complexity index is 793. The van der Waals surface area contributed by atoms with Crippen LogP contribution in [0, 0.1) is 5.82 Å². The first-order valence-corrected chi connectivity index (χ1v) is 9.78. The minimum Gasteiger partial charge on any atom is -0.383 e. The molecule has 4 nitrogen and oxygen atoms in total. The number of nitrogens with zero attached hydrogens (tertiary/aromatic N) is 2.